The number of rotatable bonds is 4. The van der Waals surface area contributed by atoms with E-state index in [2.05, 4.69) is 31.9 Å². The van der Waals surface area contributed by atoms with E-state index in [1.54, 1.807) is 14.2 Å². The van der Waals surface area contributed by atoms with E-state index in [1.807, 2.05) is 13.0 Å². The number of hydrogen-bond acceptors (Lipinski definition) is 3. The molecule has 90 valence electrons. The summed E-state index contributed by atoms with van der Waals surface area (Å²) in [6.45, 7) is 1.96. The van der Waals surface area contributed by atoms with Crippen LogP contribution in [-0.4, -0.2) is 20.3 Å². The van der Waals surface area contributed by atoms with Crippen molar-refractivity contribution >= 4 is 31.9 Å². The lowest BCUT2D eigenvalue weighted by Crippen LogP contribution is -2.18. The number of halogens is 2. The first-order valence-electron chi connectivity index (χ1n) is 4.85. The summed E-state index contributed by atoms with van der Waals surface area (Å²) in [5.74, 6) is 1.49. The highest BCUT2D eigenvalue weighted by Crippen LogP contribution is 2.41. The van der Waals surface area contributed by atoms with Gasteiger partial charge in [-0.1, -0.05) is 0 Å². The van der Waals surface area contributed by atoms with Gasteiger partial charge >= 0.3 is 0 Å². The van der Waals surface area contributed by atoms with Gasteiger partial charge in [-0.2, -0.15) is 0 Å². The van der Waals surface area contributed by atoms with Crippen LogP contribution in [0.5, 0.6) is 11.5 Å². The van der Waals surface area contributed by atoms with Crippen LogP contribution in [0.3, 0.4) is 0 Å². The molecule has 2 N–H and O–H groups in total. The molecule has 16 heavy (non-hydrogen) atoms. The molecule has 1 aromatic carbocycles. The van der Waals surface area contributed by atoms with E-state index in [-0.39, 0.29) is 6.04 Å². The molecular formula is C11H15Br2NO2. The second kappa shape index (κ2) is 5.89. The maximum atomic E-state index is 5.82. The Kier molecular flexibility index (Phi) is 5.08. The summed E-state index contributed by atoms with van der Waals surface area (Å²) in [5, 5.41) is 0. The molecule has 0 amide bonds. The molecule has 0 saturated heterocycles. The first-order valence-corrected chi connectivity index (χ1v) is 6.44. The maximum absolute atomic E-state index is 5.82. The summed E-state index contributed by atoms with van der Waals surface area (Å²) in [5.41, 5.74) is 6.88. The van der Waals surface area contributed by atoms with Gasteiger partial charge in [-0.25, -0.2) is 0 Å². The van der Waals surface area contributed by atoms with Crippen LogP contribution < -0.4 is 15.2 Å². The Morgan fingerprint density at radius 2 is 1.62 bits per heavy atom. The van der Waals surface area contributed by atoms with Crippen molar-refractivity contribution in [2.75, 3.05) is 14.2 Å². The molecule has 1 unspecified atom stereocenters. The summed E-state index contributed by atoms with van der Waals surface area (Å²) in [7, 11) is 3.26. The highest BCUT2D eigenvalue weighted by molar-refractivity contribution is 9.11. The fourth-order valence-corrected chi connectivity index (χ4v) is 2.98. The Hall–Kier alpha value is -0.260. The van der Waals surface area contributed by atoms with Gasteiger partial charge in [-0.15, -0.1) is 0 Å². The first-order chi connectivity index (χ1) is 7.51. The van der Waals surface area contributed by atoms with Crippen LogP contribution in [0.2, 0.25) is 0 Å². The van der Waals surface area contributed by atoms with Gasteiger partial charge < -0.3 is 15.2 Å². The molecule has 0 aliphatic rings. The van der Waals surface area contributed by atoms with Gasteiger partial charge in [0, 0.05) is 12.1 Å². The predicted molar refractivity (Wildman–Crippen MR) is 72.3 cm³/mol. The Morgan fingerprint density at radius 3 is 1.94 bits per heavy atom. The lowest BCUT2D eigenvalue weighted by atomic mass is 10.1. The van der Waals surface area contributed by atoms with Crippen molar-refractivity contribution < 1.29 is 9.47 Å². The van der Waals surface area contributed by atoms with Gasteiger partial charge in [0.2, 0.25) is 0 Å². The minimum atomic E-state index is 0.0735. The zero-order valence-electron chi connectivity index (χ0n) is 9.51. The highest BCUT2D eigenvalue weighted by Gasteiger charge is 2.16. The third kappa shape index (κ3) is 2.90. The standard InChI is InChI=1S/C11H15Br2NO2/c1-6(14)4-7-10(12)8(15-2)5-9(16-3)11(7)13/h5-6H,4,14H2,1-3H3. The highest BCUT2D eigenvalue weighted by atomic mass is 79.9. The average molecular weight is 353 g/mol. The lowest BCUT2D eigenvalue weighted by molar-refractivity contribution is 0.389. The van der Waals surface area contributed by atoms with Crippen molar-refractivity contribution in [3.05, 3.63) is 20.6 Å². The van der Waals surface area contributed by atoms with Crippen molar-refractivity contribution in [3.8, 4) is 11.5 Å². The molecule has 3 nitrogen and oxygen atoms in total. The zero-order chi connectivity index (χ0) is 12.3. The van der Waals surface area contributed by atoms with Crippen molar-refractivity contribution in [2.45, 2.75) is 19.4 Å². The molecule has 0 bridgehead atoms. The van der Waals surface area contributed by atoms with E-state index >= 15 is 0 Å². The predicted octanol–water partition coefficient (Wildman–Crippen LogP) is 3.12. The normalized spacial score (nSPS) is 12.4. The first kappa shape index (κ1) is 13.8. The fourth-order valence-electron chi connectivity index (χ4n) is 1.44. The molecule has 0 spiro atoms. The van der Waals surface area contributed by atoms with Crippen LogP contribution in [-0.2, 0) is 6.42 Å². The molecule has 0 aromatic heterocycles. The summed E-state index contributed by atoms with van der Waals surface area (Å²) in [6, 6.07) is 1.91. The second-order valence-electron chi connectivity index (χ2n) is 3.57. The van der Waals surface area contributed by atoms with Gasteiger partial charge in [0.15, 0.2) is 0 Å². The summed E-state index contributed by atoms with van der Waals surface area (Å²) >= 11 is 7.04. The molecular weight excluding hydrogens is 338 g/mol. The third-order valence-electron chi connectivity index (χ3n) is 2.19. The van der Waals surface area contributed by atoms with Crippen LogP contribution in [0.15, 0.2) is 15.0 Å². The Labute approximate surface area is 113 Å². The summed E-state index contributed by atoms with van der Waals surface area (Å²) in [4.78, 5) is 0. The van der Waals surface area contributed by atoms with Crippen LogP contribution in [0.1, 0.15) is 12.5 Å². The van der Waals surface area contributed by atoms with E-state index in [0.29, 0.717) is 0 Å². The Bertz CT molecular complexity index is 352. The lowest BCUT2D eigenvalue weighted by Gasteiger charge is -2.16. The van der Waals surface area contributed by atoms with Crippen LogP contribution >= 0.6 is 31.9 Å². The molecule has 0 heterocycles. The summed E-state index contributed by atoms with van der Waals surface area (Å²) < 4.78 is 12.4. The molecule has 0 saturated carbocycles. The van der Waals surface area contributed by atoms with Gasteiger partial charge in [0.05, 0.1) is 23.2 Å². The van der Waals surface area contributed by atoms with Gasteiger partial charge in [0.1, 0.15) is 11.5 Å². The van der Waals surface area contributed by atoms with Gasteiger partial charge in [0.25, 0.3) is 0 Å². The van der Waals surface area contributed by atoms with E-state index < -0.39 is 0 Å². The van der Waals surface area contributed by atoms with Crippen molar-refractivity contribution in [2.24, 2.45) is 5.73 Å². The number of hydrogen-bond donors (Lipinski definition) is 1. The van der Waals surface area contributed by atoms with Gasteiger partial charge in [-0.3, -0.25) is 0 Å². The van der Waals surface area contributed by atoms with Crippen LogP contribution in [0.25, 0.3) is 0 Å². The number of ether oxygens (including phenoxy) is 2. The summed E-state index contributed by atoms with van der Waals surface area (Å²) in [6.07, 6.45) is 0.745. The van der Waals surface area contributed by atoms with Crippen molar-refractivity contribution in [1.29, 1.82) is 0 Å². The molecule has 1 aromatic rings. The zero-order valence-corrected chi connectivity index (χ0v) is 12.7. The number of methoxy groups -OCH3 is 2. The van der Waals surface area contributed by atoms with Crippen LogP contribution in [0.4, 0.5) is 0 Å². The largest absolute Gasteiger partial charge is 0.495 e. The maximum Gasteiger partial charge on any atom is 0.137 e. The number of benzene rings is 1. The molecule has 0 aliphatic carbocycles. The minimum Gasteiger partial charge on any atom is -0.495 e. The number of nitrogens with two attached hydrogens (primary N) is 1. The third-order valence-corrected chi connectivity index (χ3v) is 3.93. The molecule has 1 atom stereocenters. The smallest absolute Gasteiger partial charge is 0.137 e. The van der Waals surface area contributed by atoms with Crippen molar-refractivity contribution in [3.63, 3.8) is 0 Å². The van der Waals surface area contributed by atoms with Gasteiger partial charge in [-0.05, 0) is 50.8 Å². The molecule has 0 radical (unpaired) electrons. The van der Waals surface area contributed by atoms with E-state index in [1.165, 1.54) is 0 Å². The van der Waals surface area contributed by atoms with E-state index in [4.69, 9.17) is 15.2 Å². The Morgan fingerprint density at radius 1 is 1.19 bits per heavy atom. The fraction of sp³-hybridized carbons (Fsp3) is 0.455. The molecule has 0 fully saturated rings. The second-order valence-corrected chi connectivity index (χ2v) is 5.16. The van der Waals surface area contributed by atoms with E-state index in [9.17, 15) is 0 Å². The van der Waals surface area contributed by atoms with E-state index in [0.717, 1.165) is 32.4 Å². The monoisotopic (exact) mass is 351 g/mol. The van der Waals surface area contributed by atoms with Crippen LogP contribution in [0, 0.1) is 0 Å². The topological polar surface area (TPSA) is 44.5 Å². The van der Waals surface area contributed by atoms with Crippen molar-refractivity contribution in [1.82, 2.24) is 0 Å². The minimum absolute atomic E-state index is 0.0735. The molecule has 0 aliphatic heterocycles. The SMILES string of the molecule is COc1cc(OC)c(Br)c(CC(C)N)c1Br. The Balaban J connectivity index is 3.31. The molecule has 1 rings (SSSR count). The quantitative estimate of drug-likeness (QED) is 0.905. The average Bonchev–Trinajstić information content (AvgIpc) is 2.24. The molecule has 5 heteroatoms.